The molecule has 0 radical (unpaired) electrons. The van der Waals surface area contributed by atoms with Gasteiger partial charge in [0.2, 0.25) is 10.0 Å². The molecule has 1 aliphatic heterocycles. The highest BCUT2D eigenvalue weighted by atomic mass is 79.9. The first-order chi connectivity index (χ1) is 11.4. The molecule has 0 aromatic heterocycles. The average molecular weight is 430 g/mol. The van der Waals surface area contributed by atoms with E-state index in [1.165, 1.54) is 11.6 Å². The molecule has 0 bridgehead atoms. The van der Waals surface area contributed by atoms with Crippen molar-refractivity contribution in [1.82, 2.24) is 9.62 Å². The van der Waals surface area contributed by atoms with Crippen molar-refractivity contribution in [3.8, 4) is 0 Å². The summed E-state index contributed by atoms with van der Waals surface area (Å²) in [6, 6.07) is 14.9. The summed E-state index contributed by atoms with van der Waals surface area (Å²) in [5, 5.41) is 0.219. The lowest BCUT2D eigenvalue weighted by Crippen LogP contribution is -2.37. The van der Waals surface area contributed by atoms with Crippen LogP contribution in [0.4, 0.5) is 0 Å². The molecule has 128 valence electrons. The van der Waals surface area contributed by atoms with Gasteiger partial charge in [0.05, 0.1) is 5.02 Å². The molecule has 2 aromatic carbocycles. The molecule has 1 atom stereocenters. The van der Waals surface area contributed by atoms with Crippen molar-refractivity contribution in [2.45, 2.75) is 23.9 Å². The number of nitrogens with zero attached hydrogens (tertiary/aromatic N) is 1. The zero-order valence-electron chi connectivity index (χ0n) is 13.0. The van der Waals surface area contributed by atoms with Crippen LogP contribution >= 0.6 is 27.5 Å². The van der Waals surface area contributed by atoms with Crippen LogP contribution in [0.2, 0.25) is 5.02 Å². The van der Waals surface area contributed by atoms with E-state index in [1.54, 1.807) is 12.1 Å². The molecule has 0 spiro atoms. The van der Waals surface area contributed by atoms with Gasteiger partial charge in [-0.15, -0.1) is 0 Å². The Bertz CT molecular complexity index is 815. The van der Waals surface area contributed by atoms with Crippen molar-refractivity contribution >= 4 is 37.6 Å². The van der Waals surface area contributed by atoms with Crippen molar-refractivity contribution < 1.29 is 8.42 Å². The Morgan fingerprint density at radius 2 is 1.96 bits per heavy atom. The van der Waals surface area contributed by atoms with Crippen LogP contribution in [0.1, 0.15) is 12.0 Å². The fraction of sp³-hybridized carbons (Fsp3) is 0.294. The highest BCUT2D eigenvalue weighted by Crippen LogP contribution is 2.26. The van der Waals surface area contributed by atoms with E-state index in [-0.39, 0.29) is 16.0 Å². The maximum atomic E-state index is 12.6. The highest BCUT2D eigenvalue weighted by Gasteiger charge is 2.28. The Kier molecular flexibility index (Phi) is 5.62. The third-order valence-electron chi connectivity index (χ3n) is 4.03. The van der Waals surface area contributed by atoms with Crippen molar-refractivity contribution in [2.75, 3.05) is 13.1 Å². The largest absolute Gasteiger partial charge is 0.297 e. The van der Waals surface area contributed by atoms with Crippen molar-refractivity contribution in [2.24, 2.45) is 0 Å². The number of hydrogen-bond donors (Lipinski definition) is 1. The SMILES string of the molecule is O=S(=O)(N[C@@H]1CCN(Cc2ccccc2)C1)c1ccc(Br)cc1Cl. The molecule has 1 heterocycles. The summed E-state index contributed by atoms with van der Waals surface area (Å²) >= 11 is 9.36. The van der Waals surface area contributed by atoms with Crippen molar-refractivity contribution in [3.05, 3.63) is 63.6 Å². The Morgan fingerprint density at radius 1 is 1.21 bits per heavy atom. The molecule has 0 aliphatic carbocycles. The van der Waals surface area contributed by atoms with Gasteiger partial charge in [0.1, 0.15) is 4.90 Å². The normalized spacial score (nSPS) is 18.8. The fourth-order valence-electron chi connectivity index (χ4n) is 2.89. The number of nitrogens with one attached hydrogen (secondary N) is 1. The van der Waals surface area contributed by atoms with Gasteiger partial charge in [-0.25, -0.2) is 13.1 Å². The first-order valence-corrected chi connectivity index (χ1v) is 10.3. The number of likely N-dealkylation sites (tertiary alicyclic amines) is 1. The van der Waals surface area contributed by atoms with Crippen LogP contribution in [0, 0.1) is 0 Å². The van der Waals surface area contributed by atoms with Gasteiger partial charge in [0, 0.05) is 30.1 Å². The van der Waals surface area contributed by atoms with Gasteiger partial charge in [-0.05, 0) is 30.2 Å². The van der Waals surface area contributed by atoms with Crippen molar-refractivity contribution in [1.29, 1.82) is 0 Å². The minimum Gasteiger partial charge on any atom is -0.297 e. The lowest BCUT2D eigenvalue weighted by atomic mass is 10.2. The molecule has 0 amide bonds. The van der Waals surface area contributed by atoms with Crippen LogP contribution < -0.4 is 4.72 Å². The molecule has 24 heavy (non-hydrogen) atoms. The summed E-state index contributed by atoms with van der Waals surface area (Å²) in [5.74, 6) is 0. The number of hydrogen-bond acceptors (Lipinski definition) is 3. The van der Waals surface area contributed by atoms with Crippen LogP contribution in [0.3, 0.4) is 0 Å². The predicted molar refractivity (Wildman–Crippen MR) is 99.6 cm³/mol. The average Bonchev–Trinajstić information content (AvgIpc) is 2.94. The molecule has 1 fully saturated rings. The second-order valence-electron chi connectivity index (χ2n) is 5.90. The number of rotatable bonds is 5. The maximum Gasteiger partial charge on any atom is 0.242 e. The lowest BCUT2D eigenvalue weighted by molar-refractivity contribution is 0.324. The molecule has 4 nitrogen and oxygen atoms in total. The summed E-state index contributed by atoms with van der Waals surface area (Å²) in [7, 11) is -3.62. The quantitative estimate of drug-likeness (QED) is 0.789. The third-order valence-corrected chi connectivity index (χ3v) is 6.52. The first kappa shape index (κ1) is 17.9. The van der Waals surface area contributed by atoms with Crippen LogP contribution in [0.5, 0.6) is 0 Å². The van der Waals surface area contributed by atoms with Crippen molar-refractivity contribution in [3.63, 3.8) is 0 Å². The molecular weight excluding hydrogens is 412 g/mol. The molecule has 7 heteroatoms. The molecule has 1 N–H and O–H groups in total. The number of halogens is 2. The minimum atomic E-state index is -3.62. The highest BCUT2D eigenvalue weighted by molar-refractivity contribution is 9.10. The zero-order chi connectivity index (χ0) is 17.2. The molecule has 2 aromatic rings. The third kappa shape index (κ3) is 4.37. The molecular formula is C17H18BrClN2O2S. The van der Waals surface area contributed by atoms with Crippen LogP contribution in [-0.4, -0.2) is 32.4 Å². The summed E-state index contributed by atoms with van der Waals surface area (Å²) in [4.78, 5) is 2.37. The van der Waals surface area contributed by atoms with E-state index in [0.29, 0.717) is 6.54 Å². The Labute approximate surface area is 156 Å². The summed E-state index contributed by atoms with van der Waals surface area (Å²) in [5.41, 5.74) is 1.23. The van der Waals surface area contributed by atoms with E-state index in [9.17, 15) is 8.42 Å². The second kappa shape index (κ2) is 7.54. The van der Waals surface area contributed by atoms with E-state index < -0.39 is 10.0 Å². The molecule has 0 saturated carbocycles. The standard InChI is InChI=1S/C17H18BrClN2O2S/c18-14-6-7-17(16(19)10-14)24(22,23)20-15-8-9-21(12-15)11-13-4-2-1-3-5-13/h1-7,10,15,20H,8-9,11-12H2/t15-/m1/s1. The monoisotopic (exact) mass is 428 g/mol. The zero-order valence-corrected chi connectivity index (χ0v) is 16.1. The van der Waals surface area contributed by atoms with Crippen LogP contribution in [-0.2, 0) is 16.6 Å². The Morgan fingerprint density at radius 3 is 2.67 bits per heavy atom. The smallest absolute Gasteiger partial charge is 0.242 e. The number of benzene rings is 2. The summed E-state index contributed by atoms with van der Waals surface area (Å²) < 4.78 is 28.6. The minimum absolute atomic E-state index is 0.0987. The first-order valence-electron chi connectivity index (χ1n) is 7.68. The van der Waals surface area contributed by atoms with Gasteiger partial charge in [-0.1, -0.05) is 57.9 Å². The van der Waals surface area contributed by atoms with E-state index in [2.05, 4.69) is 37.7 Å². The van der Waals surface area contributed by atoms with Gasteiger partial charge < -0.3 is 0 Å². The Hall–Kier alpha value is -0.920. The molecule has 3 rings (SSSR count). The van der Waals surface area contributed by atoms with E-state index in [1.807, 2.05) is 18.2 Å². The van der Waals surface area contributed by atoms with Gasteiger partial charge in [-0.3, -0.25) is 4.90 Å². The topological polar surface area (TPSA) is 49.4 Å². The van der Waals surface area contributed by atoms with Gasteiger partial charge in [0.15, 0.2) is 0 Å². The molecule has 0 unspecified atom stereocenters. The summed E-state index contributed by atoms with van der Waals surface area (Å²) in [6.45, 7) is 2.40. The van der Waals surface area contributed by atoms with E-state index >= 15 is 0 Å². The molecule has 1 saturated heterocycles. The van der Waals surface area contributed by atoms with Crippen LogP contribution in [0.15, 0.2) is 57.9 Å². The van der Waals surface area contributed by atoms with Gasteiger partial charge >= 0.3 is 0 Å². The lowest BCUT2D eigenvalue weighted by Gasteiger charge is -2.17. The van der Waals surface area contributed by atoms with Crippen LogP contribution in [0.25, 0.3) is 0 Å². The number of sulfonamides is 1. The fourth-order valence-corrected chi connectivity index (χ4v) is 5.19. The Balaban J connectivity index is 1.64. The van der Waals surface area contributed by atoms with Gasteiger partial charge in [0.25, 0.3) is 0 Å². The summed E-state index contributed by atoms with van der Waals surface area (Å²) in [6.07, 6.45) is 0.792. The molecule has 1 aliphatic rings. The van der Waals surface area contributed by atoms with E-state index in [0.717, 1.165) is 24.0 Å². The predicted octanol–water partition coefficient (Wildman–Crippen LogP) is 3.66. The van der Waals surface area contributed by atoms with Gasteiger partial charge in [-0.2, -0.15) is 0 Å². The van der Waals surface area contributed by atoms with E-state index in [4.69, 9.17) is 11.6 Å². The maximum absolute atomic E-state index is 12.6. The second-order valence-corrected chi connectivity index (χ2v) is 8.91.